The van der Waals surface area contributed by atoms with E-state index in [-0.39, 0.29) is 12.5 Å². The van der Waals surface area contributed by atoms with Crippen LogP contribution >= 0.6 is 33.9 Å². The van der Waals surface area contributed by atoms with Gasteiger partial charge in [0.25, 0.3) is 11.8 Å². The molecule has 1 aromatic heterocycles. The van der Waals surface area contributed by atoms with Gasteiger partial charge in [0, 0.05) is 21.2 Å². The molecular formula is C25H17IN4O3S. The number of hydrogen-bond donors (Lipinski definition) is 2. The molecule has 0 spiro atoms. The van der Waals surface area contributed by atoms with Gasteiger partial charge in [-0.05, 0) is 58.0 Å². The summed E-state index contributed by atoms with van der Waals surface area (Å²) in [4.78, 5) is 44.7. The molecule has 4 aromatic rings. The average molecular weight is 580 g/mol. The van der Waals surface area contributed by atoms with Crippen LogP contribution in [0.15, 0.2) is 66.7 Å². The summed E-state index contributed by atoms with van der Waals surface area (Å²) in [5.41, 5.74) is 2.65. The zero-order chi connectivity index (χ0) is 23.4. The Kier molecular flexibility index (Phi) is 4.92. The molecule has 1 saturated heterocycles. The van der Waals surface area contributed by atoms with Crippen LogP contribution in [0.4, 0.5) is 4.79 Å². The van der Waals surface area contributed by atoms with Crippen LogP contribution in [0, 0.1) is 3.57 Å². The van der Waals surface area contributed by atoms with E-state index in [1.807, 2.05) is 66.7 Å². The summed E-state index contributed by atoms with van der Waals surface area (Å²) < 4.78 is 2.07. The Labute approximate surface area is 212 Å². The second-order valence-electron chi connectivity index (χ2n) is 8.34. The Balaban J connectivity index is 1.34. The number of nitrogens with one attached hydrogen (secondary N) is 2. The van der Waals surface area contributed by atoms with E-state index in [4.69, 9.17) is 4.98 Å². The molecule has 0 saturated carbocycles. The Morgan fingerprint density at radius 2 is 1.82 bits per heavy atom. The summed E-state index contributed by atoms with van der Waals surface area (Å²) in [6.07, 6.45) is 0. The summed E-state index contributed by atoms with van der Waals surface area (Å²) in [5.74, 6) is -0.614. The normalized spacial score (nSPS) is 19.4. The van der Waals surface area contributed by atoms with Crippen LogP contribution in [0.5, 0.6) is 0 Å². The van der Waals surface area contributed by atoms with Gasteiger partial charge in [0.05, 0.1) is 16.8 Å². The number of nitrogens with zero attached hydrogens (tertiary/aromatic N) is 2. The first-order valence-corrected chi connectivity index (χ1v) is 12.5. The SMILES string of the molecule is O=C1NC(=O)[C@](CN2Cc3ccc(I)cc3C2=O)(c2ccc(-c3nc4ccccc4s3)cc2)N1. The Morgan fingerprint density at radius 1 is 1.03 bits per heavy atom. The quantitative estimate of drug-likeness (QED) is 0.279. The van der Waals surface area contributed by atoms with E-state index in [0.29, 0.717) is 17.7 Å². The first kappa shape index (κ1) is 21.2. The fraction of sp³-hybridized carbons (Fsp3) is 0.120. The lowest BCUT2D eigenvalue weighted by Gasteiger charge is -2.31. The number of benzene rings is 3. The molecule has 3 aromatic carbocycles. The summed E-state index contributed by atoms with van der Waals surface area (Å²) in [7, 11) is 0. The van der Waals surface area contributed by atoms with Gasteiger partial charge in [0.2, 0.25) is 0 Å². The van der Waals surface area contributed by atoms with Crippen LogP contribution in [0.2, 0.25) is 0 Å². The van der Waals surface area contributed by atoms with E-state index in [1.165, 1.54) is 0 Å². The van der Waals surface area contributed by atoms with Crippen molar-refractivity contribution in [3.63, 3.8) is 0 Å². The van der Waals surface area contributed by atoms with Crippen LogP contribution in [0.1, 0.15) is 21.5 Å². The number of amides is 4. The minimum atomic E-state index is -1.37. The van der Waals surface area contributed by atoms with Gasteiger partial charge in [-0.3, -0.25) is 14.9 Å². The molecule has 2 aliphatic rings. The number of urea groups is 1. The van der Waals surface area contributed by atoms with E-state index in [9.17, 15) is 14.4 Å². The zero-order valence-corrected chi connectivity index (χ0v) is 20.6. The highest BCUT2D eigenvalue weighted by molar-refractivity contribution is 14.1. The van der Waals surface area contributed by atoms with Crippen molar-refractivity contribution in [3.05, 3.63) is 87.0 Å². The van der Waals surface area contributed by atoms with Gasteiger partial charge in [-0.2, -0.15) is 0 Å². The highest BCUT2D eigenvalue weighted by atomic mass is 127. The van der Waals surface area contributed by atoms with Crippen molar-refractivity contribution in [2.45, 2.75) is 12.1 Å². The Bertz CT molecular complexity index is 1470. The maximum atomic E-state index is 13.1. The molecule has 4 amide bonds. The number of thiazole rings is 1. The second kappa shape index (κ2) is 7.88. The number of para-hydroxylation sites is 1. The molecule has 6 rings (SSSR count). The lowest BCUT2D eigenvalue weighted by molar-refractivity contribution is -0.124. The van der Waals surface area contributed by atoms with Gasteiger partial charge in [-0.15, -0.1) is 11.3 Å². The first-order valence-electron chi connectivity index (χ1n) is 10.6. The van der Waals surface area contributed by atoms with Gasteiger partial charge in [0.1, 0.15) is 5.01 Å². The van der Waals surface area contributed by atoms with Gasteiger partial charge < -0.3 is 10.2 Å². The van der Waals surface area contributed by atoms with Crippen molar-refractivity contribution >= 4 is 62.0 Å². The molecular weight excluding hydrogens is 563 g/mol. The molecule has 0 radical (unpaired) electrons. The van der Waals surface area contributed by atoms with E-state index in [1.54, 1.807) is 16.2 Å². The highest BCUT2D eigenvalue weighted by Crippen LogP contribution is 2.34. The van der Waals surface area contributed by atoms with Crippen LogP contribution < -0.4 is 10.6 Å². The monoisotopic (exact) mass is 580 g/mol. The Morgan fingerprint density at radius 3 is 2.56 bits per heavy atom. The molecule has 7 nitrogen and oxygen atoms in total. The fourth-order valence-electron chi connectivity index (χ4n) is 4.54. The number of carbonyl (C=O) groups is 3. The summed E-state index contributed by atoms with van der Waals surface area (Å²) in [5, 5.41) is 6.02. The molecule has 9 heteroatoms. The lowest BCUT2D eigenvalue weighted by Crippen LogP contribution is -2.52. The first-order chi connectivity index (χ1) is 16.4. The van der Waals surface area contributed by atoms with Crippen molar-refractivity contribution < 1.29 is 14.4 Å². The van der Waals surface area contributed by atoms with Crippen molar-refractivity contribution in [1.29, 1.82) is 0 Å². The molecule has 1 fully saturated rings. The topological polar surface area (TPSA) is 91.4 Å². The van der Waals surface area contributed by atoms with Crippen molar-refractivity contribution in [3.8, 4) is 10.6 Å². The minimum Gasteiger partial charge on any atom is -0.331 e. The molecule has 34 heavy (non-hydrogen) atoms. The fourth-order valence-corrected chi connectivity index (χ4v) is 6.00. The number of hydrogen-bond acceptors (Lipinski definition) is 5. The number of rotatable bonds is 4. The number of fused-ring (bicyclic) bond motifs is 2. The molecule has 3 heterocycles. The van der Waals surface area contributed by atoms with Crippen LogP contribution in [0.25, 0.3) is 20.8 Å². The zero-order valence-electron chi connectivity index (χ0n) is 17.7. The standard InChI is InChI=1S/C25H17IN4O3S/c26-17-10-7-15-12-30(22(31)18(15)11-17)13-25(23(32)28-24(33)29-25)16-8-5-14(6-9-16)21-27-19-3-1-2-4-20(19)34-21/h1-11H,12-13H2,(H2,28,29,32,33)/t25-/m0/s1. The van der Waals surface area contributed by atoms with Crippen molar-refractivity contribution in [2.24, 2.45) is 0 Å². The summed E-state index contributed by atoms with van der Waals surface area (Å²) in [6.45, 7) is 0.426. The molecule has 0 unspecified atom stereocenters. The van der Waals surface area contributed by atoms with Gasteiger partial charge in [0.15, 0.2) is 5.54 Å². The maximum Gasteiger partial charge on any atom is 0.322 e. The maximum absolute atomic E-state index is 13.1. The number of halogens is 1. The molecule has 2 N–H and O–H groups in total. The largest absolute Gasteiger partial charge is 0.331 e. The number of imide groups is 1. The predicted octanol–water partition coefficient (Wildman–Crippen LogP) is 4.26. The average Bonchev–Trinajstić information content (AvgIpc) is 3.48. The highest BCUT2D eigenvalue weighted by Gasteiger charge is 2.50. The third-order valence-electron chi connectivity index (χ3n) is 6.24. The summed E-state index contributed by atoms with van der Waals surface area (Å²) in [6, 6.07) is 20.6. The minimum absolute atomic E-state index is 0.0369. The lowest BCUT2D eigenvalue weighted by atomic mass is 9.88. The van der Waals surface area contributed by atoms with Gasteiger partial charge >= 0.3 is 6.03 Å². The molecule has 0 bridgehead atoms. The van der Waals surface area contributed by atoms with E-state index >= 15 is 0 Å². The third kappa shape index (κ3) is 3.38. The number of carbonyl (C=O) groups excluding carboxylic acids is 3. The smallest absolute Gasteiger partial charge is 0.322 e. The van der Waals surface area contributed by atoms with E-state index in [2.05, 4.69) is 33.2 Å². The Hall–Kier alpha value is -3.31. The predicted molar refractivity (Wildman–Crippen MR) is 137 cm³/mol. The van der Waals surface area contributed by atoms with Gasteiger partial charge in [-0.25, -0.2) is 9.78 Å². The third-order valence-corrected chi connectivity index (χ3v) is 8.00. The van der Waals surface area contributed by atoms with Crippen LogP contribution in [-0.2, 0) is 16.9 Å². The second-order valence-corrected chi connectivity index (χ2v) is 10.6. The summed E-state index contributed by atoms with van der Waals surface area (Å²) >= 11 is 3.77. The van der Waals surface area contributed by atoms with Crippen molar-refractivity contribution in [2.75, 3.05) is 6.54 Å². The van der Waals surface area contributed by atoms with Crippen LogP contribution in [0.3, 0.4) is 0 Å². The molecule has 0 aliphatic carbocycles. The van der Waals surface area contributed by atoms with Gasteiger partial charge in [-0.1, -0.05) is 42.5 Å². The van der Waals surface area contributed by atoms with Crippen molar-refractivity contribution in [1.82, 2.24) is 20.5 Å². The van der Waals surface area contributed by atoms with E-state index in [0.717, 1.165) is 29.9 Å². The molecule has 2 aliphatic heterocycles. The van der Waals surface area contributed by atoms with Crippen LogP contribution in [-0.4, -0.2) is 34.3 Å². The number of aromatic nitrogens is 1. The molecule has 168 valence electrons. The van der Waals surface area contributed by atoms with E-state index < -0.39 is 17.5 Å². The molecule has 1 atom stereocenters.